The quantitative estimate of drug-likeness (QED) is 0.340. The van der Waals surface area contributed by atoms with E-state index < -0.39 is 0 Å². The summed E-state index contributed by atoms with van der Waals surface area (Å²) in [5, 5.41) is 3.13. The molecule has 0 saturated heterocycles. The van der Waals surface area contributed by atoms with Gasteiger partial charge in [0, 0.05) is 12.2 Å². The zero-order chi connectivity index (χ0) is 14.9. The lowest BCUT2D eigenvalue weighted by Crippen LogP contribution is -2.36. The van der Waals surface area contributed by atoms with E-state index in [0.29, 0.717) is 12.5 Å². The Labute approximate surface area is 124 Å². The number of rotatable bonds is 5. The summed E-state index contributed by atoms with van der Waals surface area (Å²) >= 11 is 0. The molecule has 0 aliphatic rings. The lowest BCUT2D eigenvalue weighted by molar-refractivity contribution is 0.410. The van der Waals surface area contributed by atoms with Gasteiger partial charge in [0.25, 0.3) is 0 Å². The highest BCUT2D eigenvalue weighted by Crippen LogP contribution is 2.17. The Kier molecular flexibility index (Phi) is 5.60. The second-order valence-electron chi connectivity index (χ2n) is 4.43. The Morgan fingerprint density at radius 3 is 2.52 bits per heavy atom. The highest BCUT2D eigenvalue weighted by atomic mass is 16.5. The van der Waals surface area contributed by atoms with Gasteiger partial charge in [0.15, 0.2) is 0 Å². The number of nitrogens with zero attached hydrogens (tertiary/aromatic N) is 1. The van der Waals surface area contributed by atoms with Crippen LogP contribution in [0.5, 0.6) is 5.75 Å². The minimum Gasteiger partial charge on any atom is -0.496 e. The number of nitrogens with two attached hydrogens (primary N) is 1. The summed E-state index contributed by atoms with van der Waals surface area (Å²) in [5.41, 5.74) is 4.63. The molecule has 0 unspecified atom stereocenters. The maximum atomic E-state index is 5.49. The van der Waals surface area contributed by atoms with Gasteiger partial charge in [0.05, 0.1) is 7.11 Å². The molecule has 0 bridgehead atoms. The van der Waals surface area contributed by atoms with Crippen LogP contribution in [-0.4, -0.2) is 19.6 Å². The van der Waals surface area contributed by atoms with Crippen LogP contribution in [0, 0.1) is 0 Å². The number of guanidine groups is 1. The fourth-order valence-electron chi connectivity index (χ4n) is 1.98. The number of benzene rings is 2. The monoisotopic (exact) mass is 284 g/mol. The van der Waals surface area contributed by atoms with Crippen molar-refractivity contribution in [2.45, 2.75) is 6.42 Å². The summed E-state index contributed by atoms with van der Waals surface area (Å²) in [4.78, 5) is 4.42. The Balaban J connectivity index is 1.95. The van der Waals surface area contributed by atoms with Gasteiger partial charge in [-0.3, -0.25) is 10.4 Å². The predicted molar refractivity (Wildman–Crippen MR) is 86.4 cm³/mol. The third-order valence-corrected chi connectivity index (χ3v) is 3.02. The molecule has 0 amide bonds. The van der Waals surface area contributed by atoms with Crippen LogP contribution in [0.2, 0.25) is 0 Å². The second-order valence-corrected chi connectivity index (χ2v) is 4.43. The summed E-state index contributed by atoms with van der Waals surface area (Å²) in [7, 11) is 1.67. The third kappa shape index (κ3) is 4.50. The van der Waals surface area contributed by atoms with Crippen LogP contribution in [0.3, 0.4) is 0 Å². The van der Waals surface area contributed by atoms with Crippen LogP contribution >= 0.6 is 0 Å². The molecule has 0 fully saturated rings. The number of hydrogen-bond acceptors (Lipinski definition) is 3. The number of hydrogen-bond donors (Lipinski definition) is 3. The van der Waals surface area contributed by atoms with Crippen molar-refractivity contribution in [1.82, 2.24) is 5.43 Å². The summed E-state index contributed by atoms with van der Waals surface area (Å²) in [6.07, 6.45) is 0.783. The first kappa shape index (κ1) is 14.9. The van der Waals surface area contributed by atoms with E-state index in [1.807, 2.05) is 54.6 Å². The number of anilines is 1. The zero-order valence-corrected chi connectivity index (χ0v) is 12.0. The summed E-state index contributed by atoms with van der Waals surface area (Å²) in [6, 6.07) is 17.7. The van der Waals surface area contributed by atoms with Crippen LogP contribution in [0.25, 0.3) is 0 Å². The van der Waals surface area contributed by atoms with Crippen molar-refractivity contribution in [3.8, 4) is 5.75 Å². The van der Waals surface area contributed by atoms with E-state index in [0.717, 1.165) is 23.4 Å². The maximum absolute atomic E-state index is 5.49. The number of nitrogens with one attached hydrogen (secondary N) is 2. The van der Waals surface area contributed by atoms with E-state index in [1.165, 1.54) is 0 Å². The molecule has 0 heterocycles. The van der Waals surface area contributed by atoms with Crippen LogP contribution in [0.15, 0.2) is 59.6 Å². The summed E-state index contributed by atoms with van der Waals surface area (Å²) < 4.78 is 5.32. The standard InChI is InChI=1S/C16H20N4O/c1-21-15-10-6-5-7-13(15)11-12-18-16(20-17)19-14-8-3-2-4-9-14/h2-10H,11-12,17H2,1H3,(H2,18,19,20). The van der Waals surface area contributed by atoms with Gasteiger partial charge >= 0.3 is 0 Å². The van der Waals surface area contributed by atoms with E-state index in [1.54, 1.807) is 7.11 Å². The van der Waals surface area contributed by atoms with Gasteiger partial charge < -0.3 is 10.1 Å². The molecule has 0 aliphatic heterocycles. The average molecular weight is 284 g/mol. The molecular formula is C16H20N4O. The van der Waals surface area contributed by atoms with E-state index in [4.69, 9.17) is 10.6 Å². The minimum absolute atomic E-state index is 0.538. The molecule has 4 N–H and O–H groups in total. The van der Waals surface area contributed by atoms with Gasteiger partial charge in [-0.05, 0) is 30.2 Å². The molecule has 0 aliphatic carbocycles. The minimum atomic E-state index is 0.538. The summed E-state index contributed by atoms with van der Waals surface area (Å²) in [6.45, 7) is 0.611. The third-order valence-electron chi connectivity index (χ3n) is 3.02. The largest absolute Gasteiger partial charge is 0.496 e. The molecular weight excluding hydrogens is 264 g/mol. The van der Waals surface area contributed by atoms with Crippen molar-refractivity contribution in [2.75, 3.05) is 19.0 Å². The number of ether oxygens (including phenoxy) is 1. The SMILES string of the molecule is COc1ccccc1CCN=C(NN)Nc1ccccc1. The first-order valence-corrected chi connectivity index (χ1v) is 6.78. The molecule has 0 saturated carbocycles. The van der Waals surface area contributed by atoms with Crippen molar-refractivity contribution in [3.05, 3.63) is 60.2 Å². The molecule has 2 aromatic rings. The van der Waals surface area contributed by atoms with Crippen molar-refractivity contribution >= 4 is 11.6 Å². The molecule has 2 aromatic carbocycles. The Morgan fingerprint density at radius 2 is 1.81 bits per heavy atom. The van der Waals surface area contributed by atoms with Crippen LogP contribution in [0.1, 0.15) is 5.56 Å². The van der Waals surface area contributed by atoms with Crippen molar-refractivity contribution in [3.63, 3.8) is 0 Å². The molecule has 5 heteroatoms. The van der Waals surface area contributed by atoms with Gasteiger partial charge in [-0.1, -0.05) is 36.4 Å². The lowest BCUT2D eigenvalue weighted by atomic mass is 10.1. The molecule has 0 radical (unpaired) electrons. The fourth-order valence-corrected chi connectivity index (χ4v) is 1.98. The summed E-state index contributed by atoms with van der Waals surface area (Å²) in [5.74, 6) is 6.91. The first-order chi connectivity index (χ1) is 10.3. The first-order valence-electron chi connectivity index (χ1n) is 6.78. The molecule has 0 spiro atoms. The number of methoxy groups -OCH3 is 1. The van der Waals surface area contributed by atoms with E-state index >= 15 is 0 Å². The Bertz CT molecular complexity index is 584. The van der Waals surface area contributed by atoms with Gasteiger partial charge in [0.1, 0.15) is 5.75 Å². The van der Waals surface area contributed by atoms with Crippen molar-refractivity contribution in [1.29, 1.82) is 0 Å². The number of aliphatic imine (C=N–C) groups is 1. The van der Waals surface area contributed by atoms with Crippen molar-refractivity contribution < 1.29 is 4.74 Å². The molecule has 2 rings (SSSR count). The van der Waals surface area contributed by atoms with Gasteiger partial charge in [0.2, 0.25) is 5.96 Å². The molecule has 0 atom stereocenters. The zero-order valence-electron chi connectivity index (χ0n) is 12.0. The molecule has 5 nitrogen and oxygen atoms in total. The van der Waals surface area contributed by atoms with Crippen LogP contribution in [0.4, 0.5) is 5.69 Å². The van der Waals surface area contributed by atoms with E-state index in [-0.39, 0.29) is 0 Å². The Morgan fingerprint density at radius 1 is 1.10 bits per heavy atom. The highest BCUT2D eigenvalue weighted by Gasteiger charge is 2.01. The van der Waals surface area contributed by atoms with Crippen LogP contribution < -0.4 is 21.3 Å². The van der Waals surface area contributed by atoms with Crippen molar-refractivity contribution in [2.24, 2.45) is 10.8 Å². The van der Waals surface area contributed by atoms with Gasteiger partial charge in [-0.15, -0.1) is 0 Å². The smallest absolute Gasteiger partial charge is 0.210 e. The molecule has 110 valence electrons. The number of hydrazine groups is 1. The average Bonchev–Trinajstić information content (AvgIpc) is 2.55. The second kappa shape index (κ2) is 7.91. The topological polar surface area (TPSA) is 71.7 Å². The van der Waals surface area contributed by atoms with Gasteiger partial charge in [-0.2, -0.15) is 0 Å². The predicted octanol–water partition coefficient (Wildman–Crippen LogP) is 2.17. The lowest BCUT2D eigenvalue weighted by Gasteiger charge is -2.10. The molecule has 21 heavy (non-hydrogen) atoms. The highest BCUT2D eigenvalue weighted by molar-refractivity contribution is 5.93. The van der Waals surface area contributed by atoms with Gasteiger partial charge in [-0.25, -0.2) is 5.84 Å². The van der Waals surface area contributed by atoms with E-state index in [2.05, 4.69) is 15.7 Å². The van der Waals surface area contributed by atoms with E-state index in [9.17, 15) is 0 Å². The molecule has 0 aromatic heterocycles. The van der Waals surface area contributed by atoms with Crippen LogP contribution in [-0.2, 0) is 6.42 Å². The Hall–Kier alpha value is -2.53. The fraction of sp³-hybridized carbons (Fsp3) is 0.188. The normalized spacial score (nSPS) is 11.0. The number of para-hydroxylation sites is 2. The maximum Gasteiger partial charge on any atom is 0.210 e.